The topological polar surface area (TPSA) is 46.2 Å². The average molecular weight is 398 g/mol. The number of rotatable bonds is 6. The third-order valence-corrected chi connectivity index (χ3v) is 4.78. The van der Waals surface area contributed by atoms with Gasteiger partial charge in [-0.1, -0.05) is 18.2 Å². The molecule has 0 amide bonds. The fourth-order valence-electron chi connectivity index (χ4n) is 3.47. The van der Waals surface area contributed by atoms with Gasteiger partial charge in [-0.2, -0.15) is 0 Å². The molecule has 1 heterocycles. The van der Waals surface area contributed by atoms with Crippen LogP contribution in [0.4, 0.5) is 0 Å². The van der Waals surface area contributed by atoms with Gasteiger partial charge < -0.3 is 23.7 Å². The lowest BCUT2D eigenvalue weighted by atomic mass is 10.0. The molecule has 5 heteroatoms. The SMILES string of the molecule is CCOc1c(OC)ccc2c1C/C=C/Cc1c(ccc(OC)c1OC(C)C)CO2. The van der Waals surface area contributed by atoms with E-state index in [1.54, 1.807) is 14.2 Å². The smallest absolute Gasteiger partial charge is 0.168 e. The zero-order valence-corrected chi connectivity index (χ0v) is 17.9. The van der Waals surface area contributed by atoms with E-state index >= 15 is 0 Å². The van der Waals surface area contributed by atoms with Gasteiger partial charge in [-0.25, -0.2) is 0 Å². The maximum Gasteiger partial charge on any atom is 0.168 e. The molecule has 0 unspecified atom stereocenters. The minimum atomic E-state index is 0.0534. The summed E-state index contributed by atoms with van der Waals surface area (Å²) in [5.41, 5.74) is 3.17. The van der Waals surface area contributed by atoms with E-state index in [0.717, 1.165) is 51.9 Å². The first kappa shape index (κ1) is 20.9. The van der Waals surface area contributed by atoms with Crippen LogP contribution in [-0.4, -0.2) is 26.9 Å². The molecule has 2 aromatic carbocycles. The van der Waals surface area contributed by atoms with Crippen LogP contribution < -0.4 is 23.7 Å². The summed E-state index contributed by atoms with van der Waals surface area (Å²) in [5.74, 6) is 3.80. The molecule has 0 spiro atoms. The van der Waals surface area contributed by atoms with Crippen molar-refractivity contribution in [2.45, 2.75) is 46.3 Å². The van der Waals surface area contributed by atoms with E-state index in [0.29, 0.717) is 19.6 Å². The second-order valence-electron chi connectivity index (χ2n) is 7.08. The van der Waals surface area contributed by atoms with Gasteiger partial charge in [0.1, 0.15) is 12.4 Å². The summed E-state index contributed by atoms with van der Waals surface area (Å²) < 4.78 is 29.3. The molecule has 0 radical (unpaired) electrons. The van der Waals surface area contributed by atoms with Crippen LogP contribution in [0.1, 0.15) is 37.5 Å². The molecule has 1 aliphatic heterocycles. The van der Waals surface area contributed by atoms with Crippen molar-refractivity contribution in [1.82, 2.24) is 0 Å². The van der Waals surface area contributed by atoms with Gasteiger partial charge >= 0.3 is 0 Å². The van der Waals surface area contributed by atoms with Gasteiger partial charge in [0.2, 0.25) is 0 Å². The summed E-state index contributed by atoms with van der Waals surface area (Å²) in [7, 11) is 3.32. The first-order valence-corrected chi connectivity index (χ1v) is 10.0. The van der Waals surface area contributed by atoms with Crippen molar-refractivity contribution in [3.05, 3.63) is 53.1 Å². The number of hydrogen-bond donors (Lipinski definition) is 0. The van der Waals surface area contributed by atoms with E-state index < -0.39 is 0 Å². The lowest BCUT2D eigenvalue weighted by Crippen LogP contribution is -2.12. The van der Waals surface area contributed by atoms with Gasteiger partial charge in [0.15, 0.2) is 23.0 Å². The highest BCUT2D eigenvalue weighted by Crippen LogP contribution is 2.40. The average Bonchev–Trinajstić information content (AvgIpc) is 2.71. The molecule has 5 nitrogen and oxygen atoms in total. The first-order valence-electron chi connectivity index (χ1n) is 10.0. The molecule has 0 fully saturated rings. The fraction of sp³-hybridized carbons (Fsp3) is 0.417. The molecule has 0 saturated carbocycles. The predicted molar refractivity (Wildman–Crippen MR) is 114 cm³/mol. The van der Waals surface area contributed by atoms with Crippen LogP contribution in [0.5, 0.6) is 28.7 Å². The molecule has 2 aromatic rings. The summed E-state index contributed by atoms with van der Waals surface area (Å²) in [6.07, 6.45) is 5.79. The van der Waals surface area contributed by atoms with Gasteiger partial charge in [0.05, 0.1) is 26.9 Å². The van der Waals surface area contributed by atoms with Crippen molar-refractivity contribution < 1.29 is 23.7 Å². The molecule has 0 aliphatic carbocycles. The largest absolute Gasteiger partial charge is 0.493 e. The van der Waals surface area contributed by atoms with Crippen LogP contribution in [0, 0.1) is 0 Å². The number of hydrogen-bond acceptors (Lipinski definition) is 5. The second kappa shape index (κ2) is 9.59. The Balaban J connectivity index is 2.03. The van der Waals surface area contributed by atoms with E-state index in [1.165, 1.54) is 0 Å². The Labute approximate surface area is 173 Å². The summed E-state index contributed by atoms with van der Waals surface area (Å²) in [4.78, 5) is 0. The molecule has 29 heavy (non-hydrogen) atoms. The van der Waals surface area contributed by atoms with Gasteiger partial charge in [-0.3, -0.25) is 0 Å². The van der Waals surface area contributed by atoms with E-state index in [2.05, 4.69) is 12.2 Å². The summed E-state index contributed by atoms with van der Waals surface area (Å²) in [6.45, 7) is 7.01. The Morgan fingerprint density at radius 3 is 2.21 bits per heavy atom. The molecule has 0 saturated heterocycles. The minimum absolute atomic E-state index is 0.0534. The minimum Gasteiger partial charge on any atom is -0.493 e. The van der Waals surface area contributed by atoms with Crippen LogP contribution in [0.15, 0.2) is 36.4 Å². The van der Waals surface area contributed by atoms with Gasteiger partial charge in [0, 0.05) is 11.1 Å². The molecule has 0 N–H and O–H groups in total. The van der Waals surface area contributed by atoms with Gasteiger partial charge in [-0.15, -0.1) is 0 Å². The Morgan fingerprint density at radius 2 is 1.55 bits per heavy atom. The molecule has 3 rings (SSSR count). The lowest BCUT2D eigenvalue weighted by Gasteiger charge is -2.22. The zero-order valence-electron chi connectivity index (χ0n) is 17.9. The van der Waals surface area contributed by atoms with E-state index in [9.17, 15) is 0 Å². The Kier molecular flexibility index (Phi) is 6.91. The third-order valence-electron chi connectivity index (χ3n) is 4.78. The van der Waals surface area contributed by atoms with Gasteiger partial charge in [-0.05, 0) is 57.4 Å². The van der Waals surface area contributed by atoms with Gasteiger partial charge in [0.25, 0.3) is 0 Å². The Hall–Kier alpha value is -2.82. The number of fused-ring (bicyclic) bond motifs is 2. The summed E-state index contributed by atoms with van der Waals surface area (Å²) in [5, 5.41) is 0. The molecule has 0 aromatic heterocycles. The molecule has 1 aliphatic rings. The van der Waals surface area contributed by atoms with Crippen LogP contribution in [0.2, 0.25) is 0 Å². The number of methoxy groups -OCH3 is 2. The van der Waals surface area contributed by atoms with Crippen molar-refractivity contribution in [3.63, 3.8) is 0 Å². The summed E-state index contributed by atoms with van der Waals surface area (Å²) in [6, 6.07) is 7.82. The molecule has 0 bridgehead atoms. The van der Waals surface area contributed by atoms with Crippen LogP contribution in [0.25, 0.3) is 0 Å². The normalized spacial score (nSPS) is 14.3. The lowest BCUT2D eigenvalue weighted by molar-refractivity contribution is 0.226. The van der Waals surface area contributed by atoms with Crippen molar-refractivity contribution in [3.8, 4) is 28.7 Å². The number of allylic oxidation sites excluding steroid dienone is 2. The number of benzene rings is 2. The Morgan fingerprint density at radius 1 is 0.897 bits per heavy atom. The van der Waals surface area contributed by atoms with Crippen molar-refractivity contribution in [2.24, 2.45) is 0 Å². The standard InChI is InChI=1S/C24H30O5/c1-6-27-23-19-10-8-7-9-18-17(15-28-20(19)13-14-21(23)25-4)11-12-22(26-5)24(18)29-16(2)3/h7-8,11-14,16H,6,9-10,15H2,1-5H3/b8-7+. The van der Waals surface area contributed by atoms with E-state index in [4.69, 9.17) is 23.7 Å². The predicted octanol–water partition coefficient (Wildman–Crippen LogP) is 5.12. The number of ether oxygens (including phenoxy) is 5. The zero-order chi connectivity index (χ0) is 20.8. The highest BCUT2D eigenvalue weighted by atomic mass is 16.5. The maximum absolute atomic E-state index is 6.24. The molecular weight excluding hydrogens is 368 g/mol. The van der Waals surface area contributed by atoms with Crippen LogP contribution in [0.3, 0.4) is 0 Å². The van der Waals surface area contributed by atoms with Crippen molar-refractivity contribution >= 4 is 0 Å². The Bertz CT molecular complexity index is 870. The van der Waals surface area contributed by atoms with Crippen LogP contribution >= 0.6 is 0 Å². The van der Waals surface area contributed by atoms with E-state index in [1.807, 2.05) is 45.0 Å². The molecular formula is C24H30O5. The molecule has 156 valence electrons. The highest BCUT2D eigenvalue weighted by molar-refractivity contribution is 5.56. The highest BCUT2D eigenvalue weighted by Gasteiger charge is 2.20. The van der Waals surface area contributed by atoms with Crippen molar-refractivity contribution in [1.29, 1.82) is 0 Å². The maximum atomic E-state index is 6.24. The third kappa shape index (κ3) is 4.61. The summed E-state index contributed by atoms with van der Waals surface area (Å²) >= 11 is 0. The quantitative estimate of drug-likeness (QED) is 0.632. The molecule has 0 atom stereocenters. The van der Waals surface area contributed by atoms with Crippen LogP contribution in [-0.2, 0) is 19.4 Å². The second-order valence-corrected chi connectivity index (χ2v) is 7.08. The first-order chi connectivity index (χ1) is 14.1. The fourth-order valence-corrected chi connectivity index (χ4v) is 3.47. The monoisotopic (exact) mass is 398 g/mol. The van der Waals surface area contributed by atoms with Crippen molar-refractivity contribution in [2.75, 3.05) is 20.8 Å². The van der Waals surface area contributed by atoms with E-state index in [-0.39, 0.29) is 6.10 Å².